The summed E-state index contributed by atoms with van der Waals surface area (Å²) in [5, 5.41) is 5.04. The first kappa shape index (κ1) is 21.0. The van der Waals surface area contributed by atoms with E-state index in [1.54, 1.807) is 7.11 Å². The summed E-state index contributed by atoms with van der Waals surface area (Å²) in [5.74, 6) is -0.825. The van der Waals surface area contributed by atoms with Gasteiger partial charge in [-0.1, -0.05) is 0 Å². The van der Waals surface area contributed by atoms with Crippen LogP contribution in [0.3, 0.4) is 0 Å². The van der Waals surface area contributed by atoms with Gasteiger partial charge < -0.3 is 19.7 Å². The molecule has 0 bridgehead atoms. The fourth-order valence-electron chi connectivity index (χ4n) is 2.08. The van der Waals surface area contributed by atoms with Gasteiger partial charge in [-0.3, -0.25) is 14.4 Å². The minimum absolute atomic E-state index is 0.0562. The summed E-state index contributed by atoms with van der Waals surface area (Å²) in [6.07, 6.45) is 1.38. The Morgan fingerprint density at radius 1 is 1.24 bits per heavy atom. The molecule has 0 fully saturated rings. The monoisotopic (exact) mass is 371 g/mol. The molecule has 0 aliphatic heterocycles. The molecular weight excluding hydrogens is 346 g/mol. The number of hydrogen-bond donors (Lipinski definition) is 1. The van der Waals surface area contributed by atoms with E-state index in [0.717, 1.165) is 5.69 Å². The minimum atomic E-state index is -0.351. The van der Waals surface area contributed by atoms with E-state index in [9.17, 15) is 14.4 Å². The van der Waals surface area contributed by atoms with Gasteiger partial charge in [0.05, 0.1) is 19.3 Å². The Hall–Kier alpha value is -2.00. The summed E-state index contributed by atoms with van der Waals surface area (Å²) in [6.45, 7) is 2.70. The number of nitrogens with zero attached hydrogens (tertiary/aromatic N) is 2. The molecule has 1 aromatic heterocycles. The Labute approximate surface area is 151 Å². The molecule has 1 heterocycles. The average Bonchev–Trinajstić information content (AvgIpc) is 2.98. The number of amides is 2. The molecule has 0 aromatic carbocycles. The Morgan fingerprint density at radius 2 is 2.00 bits per heavy atom. The molecule has 0 aliphatic rings. The minimum Gasteiger partial charge on any atom is -0.469 e. The molecule has 9 heteroatoms. The molecule has 140 valence electrons. The van der Waals surface area contributed by atoms with E-state index >= 15 is 0 Å². The maximum absolute atomic E-state index is 12.3. The van der Waals surface area contributed by atoms with Crippen LogP contribution >= 0.6 is 11.3 Å². The molecule has 0 spiro atoms. The van der Waals surface area contributed by atoms with Gasteiger partial charge in [0.25, 0.3) is 0 Å². The third-order valence-electron chi connectivity index (χ3n) is 3.33. The van der Waals surface area contributed by atoms with Crippen molar-refractivity contribution in [3.8, 4) is 0 Å². The first-order chi connectivity index (χ1) is 12.0. The number of anilines is 1. The van der Waals surface area contributed by atoms with Gasteiger partial charge >= 0.3 is 5.97 Å². The fourth-order valence-corrected chi connectivity index (χ4v) is 2.78. The largest absolute Gasteiger partial charge is 0.469 e. The highest BCUT2D eigenvalue weighted by atomic mass is 32.1. The lowest BCUT2D eigenvalue weighted by atomic mass is 10.2. The fraction of sp³-hybridized carbons (Fsp3) is 0.625. The molecule has 0 aliphatic carbocycles. The number of rotatable bonds is 11. The maximum atomic E-state index is 12.3. The summed E-state index contributed by atoms with van der Waals surface area (Å²) in [6, 6.07) is 0. The highest BCUT2D eigenvalue weighted by molar-refractivity contribution is 7.13. The number of esters is 1. The van der Waals surface area contributed by atoms with E-state index in [2.05, 4.69) is 15.0 Å². The number of carbonyl (C=O) groups excluding carboxylic acids is 3. The normalized spacial score (nSPS) is 10.4. The summed E-state index contributed by atoms with van der Waals surface area (Å²) >= 11 is 1.34. The first-order valence-electron chi connectivity index (χ1n) is 8.01. The molecule has 2 amide bonds. The predicted octanol–water partition coefficient (Wildman–Crippen LogP) is 1.60. The zero-order chi connectivity index (χ0) is 18.7. The smallest absolute Gasteiger partial charge is 0.305 e. The summed E-state index contributed by atoms with van der Waals surface area (Å²) in [4.78, 5) is 41.3. The van der Waals surface area contributed by atoms with Crippen LogP contribution in [0.15, 0.2) is 5.38 Å². The van der Waals surface area contributed by atoms with Gasteiger partial charge in [0.2, 0.25) is 11.8 Å². The molecular formula is C16H25N3O5S. The van der Waals surface area contributed by atoms with Gasteiger partial charge in [-0.15, -0.1) is 11.3 Å². The number of thiazole rings is 1. The van der Waals surface area contributed by atoms with Crippen molar-refractivity contribution < 1.29 is 23.9 Å². The van der Waals surface area contributed by atoms with E-state index < -0.39 is 0 Å². The second kappa shape index (κ2) is 11.5. The molecule has 0 unspecified atom stereocenters. The van der Waals surface area contributed by atoms with Gasteiger partial charge in [0, 0.05) is 38.5 Å². The SMILES string of the molecule is COCCCN(CC(=O)Nc1nc(C)cs1)C(=O)CCCC(=O)OC. The molecule has 0 radical (unpaired) electrons. The number of methoxy groups -OCH3 is 2. The Morgan fingerprint density at radius 3 is 2.60 bits per heavy atom. The van der Waals surface area contributed by atoms with E-state index in [1.165, 1.54) is 23.3 Å². The van der Waals surface area contributed by atoms with Crippen molar-refractivity contribution in [3.63, 3.8) is 0 Å². The Balaban J connectivity index is 2.53. The lowest BCUT2D eigenvalue weighted by Crippen LogP contribution is -2.39. The second-order valence-corrected chi connectivity index (χ2v) is 6.29. The lowest BCUT2D eigenvalue weighted by molar-refractivity contribution is -0.141. The van der Waals surface area contributed by atoms with Gasteiger partial charge in [-0.2, -0.15) is 0 Å². The molecule has 1 aromatic rings. The molecule has 0 saturated heterocycles. The lowest BCUT2D eigenvalue weighted by Gasteiger charge is -2.22. The van der Waals surface area contributed by atoms with Crippen LogP contribution in [0.4, 0.5) is 5.13 Å². The van der Waals surface area contributed by atoms with E-state index in [-0.39, 0.29) is 37.2 Å². The van der Waals surface area contributed by atoms with Crippen LogP contribution in [0.5, 0.6) is 0 Å². The van der Waals surface area contributed by atoms with E-state index in [1.807, 2.05) is 12.3 Å². The Bertz CT molecular complexity index is 576. The molecule has 0 saturated carbocycles. The van der Waals surface area contributed by atoms with Gasteiger partial charge in [-0.25, -0.2) is 4.98 Å². The van der Waals surface area contributed by atoms with Crippen molar-refractivity contribution >= 4 is 34.3 Å². The average molecular weight is 371 g/mol. The number of nitrogens with one attached hydrogen (secondary N) is 1. The third kappa shape index (κ3) is 8.59. The number of ether oxygens (including phenoxy) is 2. The highest BCUT2D eigenvalue weighted by Gasteiger charge is 2.18. The van der Waals surface area contributed by atoms with Crippen LogP contribution in [-0.4, -0.2) is 61.6 Å². The van der Waals surface area contributed by atoms with Crippen LogP contribution < -0.4 is 5.32 Å². The van der Waals surface area contributed by atoms with Crippen molar-refractivity contribution in [3.05, 3.63) is 11.1 Å². The number of carbonyl (C=O) groups is 3. The number of aryl methyl sites for hydroxylation is 1. The summed E-state index contributed by atoms with van der Waals surface area (Å²) in [7, 11) is 2.89. The zero-order valence-electron chi connectivity index (χ0n) is 14.9. The predicted molar refractivity (Wildman–Crippen MR) is 94.4 cm³/mol. The van der Waals surface area contributed by atoms with Crippen LogP contribution in [0.25, 0.3) is 0 Å². The summed E-state index contributed by atoms with van der Waals surface area (Å²) in [5.41, 5.74) is 0.830. The van der Waals surface area contributed by atoms with Crippen LogP contribution in [0, 0.1) is 6.92 Å². The number of hydrogen-bond acceptors (Lipinski definition) is 7. The topological polar surface area (TPSA) is 97.8 Å². The van der Waals surface area contributed by atoms with Gasteiger partial charge in [0.1, 0.15) is 0 Å². The van der Waals surface area contributed by atoms with Crippen LogP contribution in [-0.2, 0) is 23.9 Å². The third-order valence-corrected chi connectivity index (χ3v) is 4.20. The van der Waals surface area contributed by atoms with Crippen molar-refractivity contribution in [1.29, 1.82) is 0 Å². The zero-order valence-corrected chi connectivity index (χ0v) is 15.7. The van der Waals surface area contributed by atoms with Crippen molar-refractivity contribution in [2.24, 2.45) is 0 Å². The van der Waals surface area contributed by atoms with Crippen LogP contribution in [0.2, 0.25) is 0 Å². The first-order valence-corrected chi connectivity index (χ1v) is 8.89. The van der Waals surface area contributed by atoms with E-state index in [4.69, 9.17) is 4.74 Å². The number of aromatic nitrogens is 1. The van der Waals surface area contributed by atoms with Gasteiger partial charge in [0.15, 0.2) is 5.13 Å². The Kier molecular flexibility index (Phi) is 9.71. The highest BCUT2D eigenvalue weighted by Crippen LogP contribution is 2.14. The molecule has 1 N–H and O–H groups in total. The molecule has 0 atom stereocenters. The standard InChI is InChI=1S/C16H25N3O5S/c1-12-11-25-16(17-12)18-13(20)10-19(8-5-9-23-2)14(21)6-4-7-15(22)24-3/h11H,4-10H2,1-3H3,(H,17,18,20). The molecule has 8 nitrogen and oxygen atoms in total. The van der Waals surface area contributed by atoms with E-state index in [0.29, 0.717) is 31.1 Å². The quantitative estimate of drug-likeness (QED) is 0.469. The molecule has 1 rings (SSSR count). The van der Waals surface area contributed by atoms with Crippen molar-refractivity contribution in [1.82, 2.24) is 9.88 Å². The van der Waals surface area contributed by atoms with Gasteiger partial charge in [-0.05, 0) is 19.8 Å². The van der Waals surface area contributed by atoms with Crippen LogP contribution in [0.1, 0.15) is 31.4 Å². The maximum Gasteiger partial charge on any atom is 0.305 e. The second-order valence-electron chi connectivity index (χ2n) is 5.43. The summed E-state index contributed by atoms with van der Waals surface area (Å²) < 4.78 is 9.55. The molecule has 25 heavy (non-hydrogen) atoms. The van der Waals surface area contributed by atoms with Crippen molar-refractivity contribution in [2.75, 3.05) is 39.2 Å². The van der Waals surface area contributed by atoms with Crippen molar-refractivity contribution in [2.45, 2.75) is 32.6 Å².